The average molecular weight is 391 g/mol. The van der Waals surface area contributed by atoms with Gasteiger partial charge < -0.3 is 0 Å². The molecule has 0 aliphatic heterocycles. The van der Waals surface area contributed by atoms with Crippen LogP contribution in [0.5, 0.6) is 0 Å². The summed E-state index contributed by atoms with van der Waals surface area (Å²) >= 11 is 7.44. The van der Waals surface area contributed by atoms with Crippen LogP contribution < -0.4 is 0 Å². The maximum atomic E-state index is 12.5. The fourth-order valence-electron chi connectivity index (χ4n) is 3.19. The van der Waals surface area contributed by atoms with Crippen LogP contribution in [0.4, 0.5) is 0 Å². The molecule has 26 heavy (non-hydrogen) atoms. The summed E-state index contributed by atoms with van der Waals surface area (Å²) in [4.78, 5) is 13.3. The highest BCUT2D eigenvalue weighted by atomic mass is 35.5. The van der Waals surface area contributed by atoms with Crippen LogP contribution in [0.3, 0.4) is 0 Å². The van der Waals surface area contributed by atoms with E-state index in [1.54, 1.807) is 35.6 Å². The lowest BCUT2D eigenvalue weighted by atomic mass is 10.0. The van der Waals surface area contributed by atoms with E-state index in [0.717, 1.165) is 11.3 Å². The van der Waals surface area contributed by atoms with Crippen LogP contribution in [-0.4, -0.2) is 5.78 Å². The quantitative estimate of drug-likeness (QED) is 0.249. The van der Waals surface area contributed by atoms with E-state index in [1.165, 1.54) is 69.8 Å². The number of hydrogen-bond acceptors (Lipinski definition) is 2. The number of rotatable bonds is 13. The third-order valence-electron chi connectivity index (χ3n) is 4.80. The number of ketones is 1. The molecule has 0 aliphatic carbocycles. The molecule has 0 spiro atoms. The molecule has 1 nitrogen and oxygen atoms in total. The normalized spacial score (nSPS) is 11.0. The lowest BCUT2D eigenvalue weighted by molar-refractivity contribution is 0.104. The molecule has 0 atom stereocenters. The van der Waals surface area contributed by atoms with Crippen molar-refractivity contribution in [1.29, 1.82) is 0 Å². The first-order valence-electron chi connectivity index (χ1n) is 10.1. The molecule has 0 fully saturated rings. The third kappa shape index (κ3) is 7.63. The minimum Gasteiger partial charge on any atom is -0.288 e. The molecule has 0 bridgehead atoms. The van der Waals surface area contributed by atoms with Gasteiger partial charge >= 0.3 is 0 Å². The van der Waals surface area contributed by atoms with Gasteiger partial charge in [-0.1, -0.05) is 76.3 Å². The molecule has 0 amide bonds. The zero-order valence-electron chi connectivity index (χ0n) is 15.9. The van der Waals surface area contributed by atoms with E-state index in [1.807, 2.05) is 0 Å². The van der Waals surface area contributed by atoms with Crippen molar-refractivity contribution in [2.24, 2.45) is 0 Å². The SMILES string of the molecule is CCCCCCCCCCCCc1csc(C(=O)c2ccc(Cl)cc2)c1. The van der Waals surface area contributed by atoms with Crippen molar-refractivity contribution in [3.8, 4) is 0 Å². The van der Waals surface area contributed by atoms with E-state index in [4.69, 9.17) is 11.6 Å². The second kappa shape index (κ2) is 12.3. The van der Waals surface area contributed by atoms with Crippen LogP contribution in [0.15, 0.2) is 35.7 Å². The zero-order valence-corrected chi connectivity index (χ0v) is 17.5. The Morgan fingerprint density at radius 3 is 2.08 bits per heavy atom. The van der Waals surface area contributed by atoms with Gasteiger partial charge in [-0.25, -0.2) is 0 Å². The van der Waals surface area contributed by atoms with E-state index in [0.29, 0.717) is 10.6 Å². The number of carbonyl (C=O) groups excluding carboxylic acids is 1. The Hall–Kier alpha value is -1.12. The number of carbonyl (C=O) groups is 1. The topological polar surface area (TPSA) is 17.1 Å². The molecule has 2 rings (SSSR count). The van der Waals surface area contributed by atoms with E-state index in [-0.39, 0.29) is 5.78 Å². The molecule has 1 heterocycles. The van der Waals surface area contributed by atoms with Crippen molar-refractivity contribution in [1.82, 2.24) is 0 Å². The summed E-state index contributed by atoms with van der Waals surface area (Å²) in [5, 5.41) is 2.80. The standard InChI is InChI=1S/C23H31ClOS/c1-2-3-4-5-6-7-8-9-10-11-12-19-17-22(26-18-19)23(25)20-13-15-21(24)16-14-20/h13-18H,2-12H2,1H3. The summed E-state index contributed by atoms with van der Waals surface area (Å²) in [7, 11) is 0. The molecule has 3 heteroatoms. The second-order valence-electron chi connectivity index (χ2n) is 7.09. The Balaban J connectivity index is 1.61. The third-order valence-corrected chi connectivity index (χ3v) is 6.03. The number of benzene rings is 1. The minimum atomic E-state index is 0.0981. The Morgan fingerprint density at radius 2 is 1.46 bits per heavy atom. The molecule has 0 radical (unpaired) electrons. The first-order valence-corrected chi connectivity index (χ1v) is 11.3. The van der Waals surface area contributed by atoms with Gasteiger partial charge in [-0.2, -0.15) is 0 Å². The van der Waals surface area contributed by atoms with E-state index in [9.17, 15) is 4.79 Å². The van der Waals surface area contributed by atoms with Crippen LogP contribution >= 0.6 is 22.9 Å². The molecule has 0 N–H and O–H groups in total. The molecule has 0 saturated heterocycles. The fraction of sp³-hybridized carbons (Fsp3) is 0.522. The summed E-state index contributed by atoms with van der Waals surface area (Å²) in [6, 6.07) is 9.20. The second-order valence-corrected chi connectivity index (χ2v) is 8.43. The number of halogens is 1. The molecule has 1 aromatic heterocycles. The van der Waals surface area contributed by atoms with Crippen LogP contribution in [0.1, 0.15) is 91.9 Å². The molecule has 0 aliphatic rings. The Labute approximate surface area is 167 Å². The minimum absolute atomic E-state index is 0.0981. The largest absolute Gasteiger partial charge is 0.288 e. The van der Waals surface area contributed by atoms with E-state index >= 15 is 0 Å². The van der Waals surface area contributed by atoms with E-state index < -0.39 is 0 Å². The van der Waals surface area contributed by atoms with Crippen LogP contribution in [0.2, 0.25) is 5.02 Å². The predicted molar refractivity (Wildman–Crippen MR) is 115 cm³/mol. The number of hydrogen-bond donors (Lipinski definition) is 0. The van der Waals surface area contributed by atoms with Crippen molar-refractivity contribution in [2.45, 2.75) is 77.6 Å². The van der Waals surface area contributed by atoms with Gasteiger partial charge in [0, 0.05) is 10.6 Å². The van der Waals surface area contributed by atoms with Crippen molar-refractivity contribution in [3.63, 3.8) is 0 Å². The van der Waals surface area contributed by atoms with E-state index in [2.05, 4.69) is 18.4 Å². The monoisotopic (exact) mass is 390 g/mol. The van der Waals surface area contributed by atoms with Crippen molar-refractivity contribution in [3.05, 3.63) is 56.7 Å². The van der Waals surface area contributed by atoms with Gasteiger partial charge in [0.2, 0.25) is 5.78 Å². The number of aryl methyl sites for hydroxylation is 1. The molecular formula is C23H31ClOS. The van der Waals surface area contributed by atoms with Gasteiger partial charge in [-0.15, -0.1) is 11.3 Å². The highest BCUT2D eigenvalue weighted by Gasteiger charge is 2.11. The Morgan fingerprint density at radius 1 is 0.885 bits per heavy atom. The molecule has 1 aromatic carbocycles. The first-order chi connectivity index (χ1) is 12.7. The van der Waals surface area contributed by atoms with Gasteiger partial charge in [0.05, 0.1) is 4.88 Å². The molecular weight excluding hydrogens is 360 g/mol. The van der Waals surface area contributed by atoms with Gasteiger partial charge in [0.15, 0.2) is 0 Å². The van der Waals surface area contributed by atoms with Crippen LogP contribution in [0.25, 0.3) is 0 Å². The summed E-state index contributed by atoms with van der Waals surface area (Å²) in [6.07, 6.45) is 14.7. The number of thiophene rings is 1. The summed E-state index contributed by atoms with van der Waals surface area (Å²) in [5.41, 5.74) is 2.01. The van der Waals surface area contributed by atoms with Crippen molar-refractivity contribution >= 4 is 28.7 Å². The van der Waals surface area contributed by atoms with Gasteiger partial charge in [-0.3, -0.25) is 4.79 Å². The molecule has 142 valence electrons. The highest BCUT2D eigenvalue weighted by Crippen LogP contribution is 2.22. The van der Waals surface area contributed by atoms with Crippen LogP contribution in [0, 0.1) is 0 Å². The van der Waals surface area contributed by atoms with Gasteiger partial charge in [-0.05, 0) is 54.1 Å². The maximum absolute atomic E-state index is 12.5. The van der Waals surface area contributed by atoms with Gasteiger partial charge in [0.25, 0.3) is 0 Å². The smallest absolute Gasteiger partial charge is 0.202 e. The molecule has 2 aromatic rings. The highest BCUT2D eigenvalue weighted by molar-refractivity contribution is 7.12. The molecule has 0 unspecified atom stereocenters. The summed E-state index contributed by atoms with van der Waals surface area (Å²) in [5.74, 6) is 0.0981. The maximum Gasteiger partial charge on any atom is 0.202 e. The number of unbranched alkanes of at least 4 members (excludes halogenated alkanes) is 9. The van der Waals surface area contributed by atoms with Crippen LogP contribution in [-0.2, 0) is 6.42 Å². The zero-order chi connectivity index (χ0) is 18.6. The predicted octanol–water partition coefficient (Wildman–Crippen LogP) is 8.10. The summed E-state index contributed by atoms with van der Waals surface area (Å²) in [6.45, 7) is 2.27. The Bertz CT molecular complexity index is 644. The fourth-order valence-corrected chi connectivity index (χ4v) is 4.22. The average Bonchev–Trinajstić information content (AvgIpc) is 3.12. The Kier molecular flexibility index (Phi) is 10.0. The van der Waals surface area contributed by atoms with Crippen molar-refractivity contribution < 1.29 is 4.79 Å². The van der Waals surface area contributed by atoms with Gasteiger partial charge in [0.1, 0.15) is 0 Å². The molecule has 0 saturated carbocycles. The lowest BCUT2D eigenvalue weighted by Gasteiger charge is -2.02. The summed E-state index contributed by atoms with van der Waals surface area (Å²) < 4.78 is 0. The van der Waals surface area contributed by atoms with Crippen molar-refractivity contribution in [2.75, 3.05) is 0 Å². The first kappa shape index (κ1) is 21.2. The lowest BCUT2D eigenvalue weighted by Crippen LogP contribution is -1.97.